The van der Waals surface area contributed by atoms with Gasteiger partial charge in [0.15, 0.2) is 0 Å². The predicted octanol–water partition coefficient (Wildman–Crippen LogP) is 0.624. The summed E-state index contributed by atoms with van der Waals surface area (Å²) in [6.45, 7) is 1.36. The van der Waals surface area contributed by atoms with E-state index in [1.165, 1.54) is 7.11 Å². The topological polar surface area (TPSA) is 108 Å². The lowest BCUT2D eigenvalue weighted by Crippen LogP contribution is -2.46. The van der Waals surface area contributed by atoms with Crippen molar-refractivity contribution < 1.29 is 19.1 Å². The van der Waals surface area contributed by atoms with Crippen LogP contribution in [0, 0.1) is 17.2 Å². The first-order valence-electron chi connectivity index (χ1n) is 7.08. The van der Waals surface area contributed by atoms with Crippen molar-refractivity contribution in [2.24, 2.45) is 5.92 Å². The Hall–Kier alpha value is -2.88. The Morgan fingerprint density at radius 3 is 2.48 bits per heavy atom. The van der Waals surface area contributed by atoms with Gasteiger partial charge < -0.3 is 15.4 Å². The van der Waals surface area contributed by atoms with Crippen LogP contribution in [-0.2, 0) is 14.3 Å². The number of nitrogens with zero attached hydrogens (tertiary/aromatic N) is 1. The fourth-order valence-electron chi connectivity index (χ4n) is 1.86. The number of carbonyl (C=O) groups excluding carboxylic acids is 3. The summed E-state index contributed by atoms with van der Waals surface area (Å²) in [5, 5.41) is 13.7. The fourth-order valence-corrected chi connectivity index (χ4v) is 1.86. The summed E-state index contributed by atoms with van der Waals surface area (Å²) < 4.78 is 4.60. The number of methoxy groups -OCH3 is 1. The number of nitrogens with one attached hydrogen (secondary N) is 2. The van der Waals surface area contributed by atoms with E-state index in [0.717, 1.165) is 0 Å². The molecule has 0 spiro atoms. The molecular formula is C16H19N3O4. The average molecular weight is 317 g/mol. The Morgan fingerprint density at radius 1 is 1.26 bits per heavy atom. The number of esters is 1. The highest BCUT2D eigenvalue weighted by atomic mass is 16.5. The number of hydrogen-bond donors (Lipinski definition) is 2. The van der Waals surface area contributed by atoms with Crippen LogP contribution < -0.4 is 10.6 Å². The van der Waals surface area contributed by atoms with Crippen LogP contribution in [0.4, 0.5) is 0 Å². The monoisotopic (exact) mass is 317 g/mol. The maximum Gasteiger partial charge on any atom is 0.328 e. The molecule has 0 aliphatic rings. The molecule has 1 rings (SSSR count). The van der Waals surface area contributed by atoms with Gasteiger partial charge >= 0.3 is 5.97 Å². The number of carbonyl (C=O) groups is 3. The van der Waals surface area contributed by atoms with E-state index >= 15 is 0 Å². The molecule has 1 aromatic carbocycles. The number of rotatable bonds is 7. The molecule has 1 aromatic rings. The van der Waals surface area contributed by atoms with Gasteiger partial charge in [0.05, 0.1) is 19.7 Å². The maximum absolute atomic E-state index is 11.9. The molecule has 0 saturated carbocycles. The molecule has 23 heavy (non-hydrogen) atoms. The van der Waals surface area contributed by atoms with Gasteiger partial charge in [-0.2, -0.15) is 5.26 Å². The van der Waals surface area contributed by atoms with Gasteiger partial charge in [-0.25, -0.2) is 4.79 Å². The highest BCUT2D eigenvalue weighted by molar-refractivity contribution is 5.96. The van der Waals surface area contributed by atoms with E-state index in [1.54, 1.807) is 37.3 Å². The quantitative estimate of drug-likeness (QED) is 0.717. The predicted molar refractivity (Wildman–Crippen MR) is 82.1 cm³/mol. The lowest BCUT2D eigenvalue weighted by atomic mass is 10.0. The van der Waals surface area contributed by atoms with Crippen molar-refractivity contribution in [2.45, 2.75) is 19.4 Å². The maximum atomic E-state index is 11.9. The summed E-state index contributed by atoms with van der Waals surface area (Å²) in [7, 11) is 1.20. The van der Waals surface area contributed by atoms with E-state index in [0.29, 0.717) is 5.56 Å². The highest BCUT2D eigenvalue weighted by Crippen LogP contribution is 2.06. The van der Waals surface area contributed by atoms with Crippen LogP contribution in [0.1, 0.15) is 23.7 Å². The van der Waals surface area contributed by atoms with Crippen molar-refractivity contribution in [2.75, 3.05) is 13.7 Å². The number of nitriles is 1. The summed E-state index contributed by atoms with van der Waals surface area (Å²) in [5.74, 6) is -1.97. The third-order valence-electron chi connectivity index (χ3n) is 3.08. The van der Waals surface area contributed by atoms with Crippen LogP contribution >= 0.6 is 0 Å². The standard InChI is InChI=1S/C16H19N3O4/c1-11(9-17)8-13(16(22)23-2)19-14(20)10-18-15(21)12-6-4-3-5-7-12/h3-7,11,13H,8,10H2,1-2H3,(H,18,21)(H,19,20)/t11-,13-/m0/s1. The molecule has 2 atom stereocenters. The molecule has 2 N–H and O–H groups in total. The van der Waals surface area contributed by atoms with Crippen LogP contribution in [0.2, 0.25) is 0 Å². The smallest absolute Gasteiger partial charge is 0.328 e. The summed E-state index contributed by atoms with van der Waals surface area (Å²) in [6.07, 6.45) is 0.140. The minimum absolute atomic E-state index is 0.140. The molecule has 0 aliphatic carbocycles. The van der Waals surface area contributed by atoms with Gasteiger partial charge in [0.25, 0.3) is 5.91 Å². The van der Waals surface area contributed by atoms with E-state index in [2.05, 4.69) is 15.4 Å². The minimum Gasteiger partial charge on any atom is -0.467 e. The zero-order chi connectivity index (χ0) is 17.2. The molecule has 7 nitrogen and oxygen atoms in total. The Bertz CT molecular complexity index is 595. The van der Waals surface area contributed by atoms with E-state index in [9.17, 15) is 14.4 Å². The fraction of sp³-hybridized carbons (Fsp3) is 0.375. The Kier molecular flexibility index (Phi) is 7.27. The summed E-state index contributed by atoms with van der Waals surface area (Å²) in [4.78, 5) is 35.3. The van der Waals surface area contributed by atoms with Gasteiger partial charge in [-0.05, 0) is 25.5 Å². The van der Waals surface area contributed by atoms with Crippen molar-refractivity contribution in [3.63, 3.8) is 0 Å². The van der Waals surface area contributed by atoms with Gasteiger partial charge in [0, 0.05) is 11.5 Å². The number of amides is 2. The van der Waals surface area contributed by atoms with Crippen molar-refractivity contribution in [1.29, 1.82) is 5.26 Å². The average Bonchev–Trinajstić information content (AvgIpc) is 2.58. The number of benzene rings is 1. The summed E-state index contributed by atoms with van der Waals surface area (Å²) in [6, 6.07) is 9.52. The van der Waals surface area contributed by atoms with Crippen LogP contribution in [0.3, 0.4) is 0 Å². The second-order valence-corrected chi connectivity index (χ2v) is 4.96. The van der Waals surface area contributed by atoms with Crippen LogP contribution in [0.5, 0.6) is 0 Å². The molecule has 0 aliphatic heterocycles. The second-order valence-electron chi connectivity index (χ2n) is 4.96. The van der Waals surface area contributed by atoms with E-state index < -0.39 is 23.8 Å². The summed E-state index contributed by atoms with van der Waals surface area (Å²) >= 11 is 0. The lowest BCUT2D eigenvalue weighted by Gasteiger charge is -2.17. The Morgan fingerprint density at radius 2 is 1.91 bits per heavy atom. The molecule has 122 valence electrons. The normalized spacial score (nSPS) is 12.4. The molecule has 0 fully saturated rings. The first-order valence-corrected chi connectivity index (χ1v) is 7.08. The van der Waals surface area contributed by atoms with Crippen LogP contribution in [0.15, 0.2) is 30.3 Å². The molecule has 0 heterocycles. The van der Waals surface area contributed by atoms with Crippen molar-refractivity contribution in [1.82, 2.24) is 10.6 Å². The van der Waals surface area contributed by atoms with E-state index in [1.807, 2.05) is 6.07 Å². The van der Waals surface area contributed by atoms with Crippen LogP contribution in [-0.4, -0.2) is 37.5 Å². The molecular weight excluding hydrogens is 298 g/mol. The molecule has 0 aromatic heterocycles. The molecule has 0 radical (unpaired) electrons. The SMILES string of the molecule is COC(=O)[C@H](C[C@H](C)C#N)NC(=O)CNC(=O)c1ccccc1. The van der Waals surface area contributed by atoms with Gasteiger partial charge in [-0.3, -0.25) is 9.59 Å². The Balaban J connectivity index is 2.54. The largest absolute Gasteiger partial charge is 0.467 e. The third-order valence-corrected chi connectivity index (χ3v) is 3.08. The Labute approximate surface area is 134 Å². The zero-order valence-corrected chi connectivity index (χ0v) is 13.0. The van der Waals surface area contributed by atoms with E-state index in [-0.39, 0.29) is 18.9 Å². The van der Waals surface area contributed by atoms with Gasteiger partial charge in [-0.1, -0.05) is 18.2 Å². The molecule has 2 amide bonds. The third kappa shape index (κ3) is 6.18. The van der Waals surface area contributed by atoms with Gasteiger partial charge in [-0.15, -0.1) is 0 Å². The summed E-state index contributed by atoms with van der Waals surface area (Å²) in [5.41, 5.74) is 0.433. The minimum atomic E-state index is -0.921. The van der Waals surface area contributed by atoms with Gasteiger partial charge in [0.1, 0.15) is 6.04 Å². The van der Waals surface area contributed by atoms with Crippen molar-refractivity contribution in [3.8, 4) is 6.07 Å². The molecule has 0 saturated heterocycles. The first kappa shape index (κ1) is 18.2. The molecule has 0 bridgehead atoms. The van der Waals surface area contributed by atoms with Crippen molar-refractivity contribution >= 4 is 17.8 Å². The molecule has 0 unspecified atom stereocenters. The zero-order valence-electron chi connectivity index (χ0n) is 13.0. The van der Waals surface area contributed by atoms with Crippen LogP contribution in [0.25, 0.3) is 0 Å². The second kappa shape index (κ2) is 9.20. The number of ether oxygens (including phenoxy) is 1. The molecule has 7 heteroatoms. The highest BCUT2D eigenvalue weighted by Gasteiger charge is 2.23. The van der Waals surface area contributed by atoms with Crippen molar-refractivity contribution in [3.05, 3.63) is 35.9 Å². The lowest BCUT2D eigenvalue weighted by molar-refractivity contribution is -0.145. The number of hydrogen-bond acceptors (Lipinski definition) is 5. The van der Waals surface area contributed by atoms with E-state index in [4.69, 9.17) is 5.26 Å². The van der Waals surface area contributed by atoms with Gasteiger partial charge in [0.2, 0.25) is 5.91 Å². The first-order chi connectivity index (χ1) is 11.0.